The number of Topliss-reactive ketones (excluding diaryl/α,β-unsaturated/α-hetero) is 1. The molecule has 1 aromatic carbocycles. The first kappa shape index (κ1) is 32.6. The van der Waals surface area contributed by atoms with Gasteiger partial charge in [-0.15, -0.1) is 0 Å². The average Bonchev–Trinajstić information content (AvgIpc) is 2.80. The van der Waals surface area contributed by atoms with Crippen molar-refractivity contribution in [3.05, 3.63) is 37.6 Å². The molecule has 0 unspecified atom stereocenters. The Hall–Kier alpha value is -1.58. The summed E-state index contributed by atoms with van der Waals surface area (Å²) in [6.07, 6.45) is 4.98. The third-order valence-corrected chi connectivity index (χ3v) is 7.73. The van der Waals surface area contributed by atoms with Gasteiger partial charge in [0.15, 0.2) is 11.5 Å². The van der Waals surface area contributed by atoms with Crippen LogP contribution in [-0.2, 0) is 36.1 Å². The maximum absolute atomic E-state index is 12.5. The molecular formula is C23H31CrNO6Si. The van der Waals surface area contributed by atoms with Crippen LogP contribution in [0.5, 0.6) is 11.5 Å². The third-order valence-electron chi connectivity index (χ3n) is 5.68. The molecule has 0 amide bonds. The molecule has 7 nitrogen and oxygen atoms in total. The zero-order valence-electron chi connectivity index (χ0n) is 19.4. The fourth-order valence-electron chi connectivity index (χ4n) is 4.44. The smallest absolute Gasteiger partial charge is 0 e. The number of rotatable bonds is 4. The number of carbonyl (C=O) groups is 1. The summed E-state index contributed by atoms with van der Waals surface area (Å²) in [6.45, 7) is 21.7. The van der Waals surface area contributed by atoms with E-state index in [-0.39, 0.29) is 23.4 Å². The van der Waals surface area contributed by atoms with Gasteiger partial charge in [-0.05, 0) is 37.1 Å². The number of ketones is 1. The standard InChI is InChI=1S/C20H31NO3Si.3CO.Cr/c1-23-18-12-16(20(25(3,4)5)13-19(18)24-2)17-11-15(22)10-14-8-6-7-9-21(14)17;3*1-2;/h12-14,17H,6-11H2,1-5H3;;;;/t14-,17+;;;;/m1..../s1. The van der Waals surface area contributed by atoms with E-state index >= 15 is 0 Å². The molecule has 3 rings (SSSR count). The maximum Gasteiger partial charge on any atom is 0 e. The van der Waals surface area contributed by atoms with Gasteiger partial charge in [-0.25, -0.2) is 0 Å². The van der Waals surface area contributed by atoms with Crippen molar-refractivity contribution in [3.63, 3.8) is 0 Å². The average molecular weight is 498 g/mol. The molecule has 2 heterocycles. The second kappa shape index (κ2) is 16.1. The quantitative estimate of drug-likeness (QED) is 0.362. The summed E-state index contributed by atoms with van der Waals surface area (Å²) in [6, 6.07) is 4.91. The first-order chi connectivity index (χ1) is 14.8. The number of methoxy groups -OCH3 is 2. The molecule has 2 atom stereocenters. The predicted molar refractivity (Wildman–Crippen MR) is 116 cm³/mol. The van der Waals surface area contributed by atoms with E-state index in [0.29, 0.717) is 18.2 Å². The van der Waals surface area contributed by atoms with Crippen molar-refractivity contribution >= 4 is 19.0 Å². The van der Waals surface area contributed by atoms with Gasteiger partial charge in [-0.3, -0.25) is 9.69 Å². The summed E-state index contributed by atoms with van der Waals surface area (Å²) in [4.78, 5) is 15.1. The zero-order chi connectivity index (χ0) is 24.2. The van der Waals surface area contributed by atoms with Gasteiger partial charge in [0.25, 0.3) is 0 Å². The van der Waals surface area contributed by atoms with E-state index in [1.54, 1.807) is 14.2 Å². The van der Waals surface area contributed by atoms with Gasteiger partial charge in [0.05, 0.1) is 22.3 Å². The molecule has 2 aliphatic heterocycles. The van der Waals surface area contributed by atoms with Gasteiger partial charge in [0, 0.05) is 42.3 Å². The van der Waals surface area contributed by atoms with E-state index in [0.717, 1.165) is 30.9 Å². The molecule has 2 saturated heterocycles. The number of piperidine rings is 2. The molecule has 2 fully saturated rings. The molecule has 174 valence electrons. The van der Waals surface area contributed by atoms with Crippen LogP contribution < -0.4 is 14.7 Å². The van der Waals surface area contributed by atoms with Gasteiger partial charge in [0.2, 0.25) is 0 Å². The number of benzene rings is 1. The first-order valence-electron chi connectivity index (χ1n) is 10.00. The monoisotopic (exact) mass is 497 g/mol. The molecule has 0 aromatic heterocycles. The fourth-order valence-corrected chi connectivity index (χ4v) is 6.11. The number of hydrogen-bond acceptors (Lipinski definition) is 4. The molecule has 0 radical (unpaired) electrons. The Morgan fingerprint density at radius 1 is 0.938 bits per heavy atom. The molecule has 2 aliphatic rings. The van der Waals surface area contributed by atoms with Gasteiger partial charge in [-0.2, -0.15) is 0 Å². The Balaban J connectivity index is 0. The minimum absolute atomic E-state index is 0. The minimum Gasteiger partial charge on any atom is 0 e. The SMILES string of the molecule is COc1cc([C@@H]2CC(=O)C[C@H]3CCCCN32)c([Si](C)(C)C)cc1OC.[C-]#[O+].[C-]#[O+].[C-]#[O+].[Cr]. The number of carbonyl (C=O) groups excluding carboxylic acids is 1. The maximum atomic E-state index is 12.5. The van der Waals surface area contributed by atoms with E-state index in [4.69, 9.17) is 23.4 Å². The van der Waals surface area contributed by atoms with Crippen LogP contribution in [0.2, 0.25) is 19.6 Å². The second-order valence-electron chi connectivity index (χ2n) is 8.39. The van der Waals surface area contributed by atoms with Gasteiger partial charge in [-0.1, -0.05) is 31.2 Å². The fraction of sp³-hybridized carbons (Fsp3) is 0.565. The number of nitrogens with zero attached hydrogens (tertiary/aromatic N) is 1. The predicted octanol–water partition coefficient (Wildman–Crippen LogP) is 3.39. The zero-order valence-corrected chi connectivity index (χ0v) is 21.6. The molecule has 0 N–H and O–H groups in total. The Morgan fingerprint density at radius 3 is 1.97 bits per heavy atom. The van der Waals surface area contributed by atoms with Crippen molar-refractivity contribution in [1.29, 1.82) is 0 Å². The van der Waals surface area contributed by atoms with Crippen LogP contribution in [0, 0.1) is 20.0 Å². The summed E-state index contributed by atoms with van der Waals surface area (Å²) in [7, 11) is 1.78. The molecule has 0 aliphatic carbocycles. The van der Waals surface area contributed by atoms with Gasteiger partial charge >= 0.3 is 33.9 Å². The molecule has 0 spiro atoms. The second-order valence-corrected chi connectivity index (χ2v) is 13.4. The van der Waals surface area contributed by atoms with E-state index in [9.17, 15) is 4.79 Å². The molecule has 0 bridgehead atoms. The molecule has 0 saturated carbocycles. The van der Waals surface area contributed by atoms with Crippen LogP contribution in [0.1, 0.15) is 43.7 Å². The summed E-state index contributed by atoms with van der Waals surface area (Å²) in [5, 5.41) is 1.38. The van der Waals surface area contributed by atoms with E-state index in [1.165, 1.54) is 23.6 Å². The molecule has 9 heteroatoms. The largest absolute Gasteiger partial charge is 0 e. The molecule has 32 heavy (non-hydrogen) atoms. The van der Waals surface area contributed by atoms with Crippen molar-refractivity contribution < 1.29 is 45.6 Å². The van der Waals surface area contributed by atoms with E-state index in [1.807, 2.05) is 0 Å². The topological polar surface area (TPSA) is 98.5 Å². The first-order valence-corrected chi connectivity index (χ1v) is 13.5. The van der Waals surface area contributed by atoms with Crippen molar-refractivity contribution in [3.8, 4) is 11.5 Å². The summed E-state index contributed by atoms with van der Waals surface area (Å²) < 4.78 is 33.6. The van der Waals surface area contributed by atoms with Crippen molar-refractivity contribution in [1.82, 2.24) is 4.90 Å². The Labute approximate surface area is 203 Å². The summed E-state index contributed by atoms with van der Waals surface area (Å²) in [5.74, 6) is 1.97. The van der Waals surface area contributed by atoms with Crippen LogP contribution in [-0.4, -0.2) is 45.6 Å². The Bertz CT molecular complexity index is 773. The normalized spacial score (nSPS) is 19.5. The minimum atomic E-state index is -1.60. The van der Waals surface area contributed by atoms with Crippen molar-refractivity contribution in [2.75, 3.05) is 20.8 Å². The molecular weight excluding hydrogens is 466 g/mol. The Kier molecular flexibility index (Phi) is 16.4. The van der Waals surface area contributed by atoms with E-state index < -0.39 is 8.07 Å². The number of fused-ring (bicyclic) bond motifs is 1. The molecule has 1 aromatic rings. The summed E-state index contributed by atoms with van der Waals surface area (Å²) >= 11 is 0. The van der Waals surface area contributed by atoms with Gasteiger partial charge < -0.3 is 9.47 Å². The number of ether oxygens (including phenoxy) is 2. The van der Waals surface area contributed by atoms with Crippen LogP contribution in [0.3, 0.4) is 0 Å². The van der Waals surface area contributed by atoms with Crippen LogP contribution in [0.25, 0.3) is 0 Å². The van der Waals surface area contributed by atoms with Crippen molar-refractivity contribution in [2.45, 2.75) is 63.8 Å². The third kappa shape index (κ3) is 8.08. The van der Waals surface area contributed by atoms with Gasteiger partial charge in [0.1, 0.15) is 5.78 Å². The van der Waals surface area contributed by atoms with Crippen LogP contribution >= 0.6 is 0 Å². The van der Waals surface area contributed by atoms with Crippen molar-refractivity contribution in [2.24, 2.45) is 0 Å². The summed E-state index contributed by atoms with van der Waals surface area (Å²) in [5.41, 5.74) is 1.29. The van der Waals surface area contributed by atoms with Crippen LogP contribution in [0.4, 0.5) is 0 Å². The van der Waals surface area contributed by atoms with Crippen LogP contribution in [0.15, 0.2) is 12.1 Å². The van der Waals surface area contributed by atoms with E-state index in [2.05, 4.69) is 56.6 Å². The Morgan fingerprint density at radius 2 is 1.47 bits per heavy atom. The number of hydrogen-bond donors (Lipinski definition) is 0.